The Morgan fingerprint density at radius 1 is 1.60 bits per heavy atom. The lowest BCUT2D eigenvalue weighted by Gasteiger charge is -2.04. The summed E-state index contributed by atoms with van der Waals surface area (Å²) in [5.74, 6) is 0.0134. The fourth-order valence-corrected chi connectivity index (χ4v) is 1.68. The highest BCUT2D eigenvalue weighted by Gasteiger charge is 2.00. The van der Waals surface area contributed by atoms with Crippen LogP contribution in [0, 0.1) is 0 Å². The molecule has 0 fully saturated rings. The van der Waals surface area contributed by atoms with E-state index >= 15 is 0 Å². The van der Waals surface area contributed by atoms with Crippen LogP contribution in [0.1, 0.15) is 4.88 Å². The van der Waals surface area contributed by atoms with Gasteiger partial charge in [-0.1, -0.05) is 6.07 Å². The van der Waals surface area contributed by atoms with Gasteiger partial charge in [0.15, 0.2) is 0 Å². The Labute approximate surface area is 93.6 Å². The van der Waals surface area contributed by atoms with E-state index in [9.17, 15) is 4.79 Å². The van der Waals surface area contributed by atoms with Gasteiger partial charge in [-0.05, 0) is 11.4 Å². The first kappa shape index (κ1) is 12.2. The van der Waals surface area contributed by atoms with Crippen LogP contribution in [0.2, 0.25) is 0 Å². The predicted molar refractivity (Wildman–Crippen MR) is 60.9 cm³/mol. The van der Waals surface area contributed by atoms with Crippen LogP contribution in [-0.2, 0) is 16.1 Å². The lowest BCUT2D eigenvalue weighted by atomic mass is 10.4. The number of thiophene rings is 1. The average Bonchev–Trinajstić information content (AvgIpc) is 2.74. The summed E-state index contributed by atoms with van der Waals surface area (Å²) in [5.41, 5.74) is 0. The minimum absolute atomic E-state index is 0.0134. The summed E-state index contributed by atoms with van der Waals surface area (Å²) in [5, 5.41) is 7.81. The molecule has 0 atom stereocenters. The Hall–Kier alpha value is -0.910. The number of ether oxygens (including phenoxy) is 1. The Morgan fingerprint density at radius 2 is 2.47 bits per heavy atom. The van der Waals surface area contributed by atoms with Crippen molar-refractivity contribution < 1.29 is 9.53 Å². The Balaban J connectivity index is 2.04. The van der Waals surface area contributed by atoms with Crippen LogP contribution in [0.3, 0.4) is 0 Å². The minimum atomic E-state index is 0.0134. The van der Waals surface area contributed by atoms with Crippen LogP contribution in [0.15, 0.2) is 17.5 Å². The normalized spacial score (nSPS) is 10.2. The summed E-state index contributed by atoms with van der Waals surface area (Å²) in [4.78, 5) is 12.5. The summed E-state index contributed by atoms with van der Waals surface area (Å²) >= 11 is 1.64. The molecule has 0 aliphatic heterocycles. The maximum absolute atomic E-state index is 11.3. The third kappa shape index (κ3) is 5.51. The van der Waals surface area contributed by atoms with Crippen molar-refractivity contribution in [2.75, 3.05) is 26.8 Å². The molecule has 15 heavy (non-hydrogen) atoms. The molecular formula is C10H16N2O2S. The van der Waals surface area contributed by atoms with Gasteiger partial charge in [0, 0.05) is 18.5 Å². The third-order valence-electron chi connectivity index (χ3n) is 1.81. The number of carbonyl (C=O) groups is 1. The van der Waals surface area contributed by atoms with Gasteiger partial charge >= 0.3 is 0 Å². The van der Waals surface area contributed by atoms with Crippen LogP contribution < -0.4 is 10.6 Å². The lowest BCUT2D eigenvalue weighted by molar-refractivity contribution is -0.120. The quantitative estimate of drug-likeness (QED) is 0.672. The van der Waals surface area contributed by atoms with E-state index in [0.29, 0.717) is 26.2 Å². The first-order chi connectivity index (χ1) is 7.33. The van der Waals surface area contributed by atoms with Gasteiger partial charge in [-0.3, -0.25) is 4.79 Å². The van der Waals surface area contributed by atoms with Crippen molar-refractivity contribution >= 4 is 17.2 Å². The second-order valence-corrected chi connectivity index (χ2v) is 4.06. The highest BCUT2D eigenvalue weighted by molar-refractivity contribution is 7.09. The second-order valence-electron chi connectivity index (χ2n) is 3.03. The predicted octanol–water partition coefficient (Wildman–Crippen LogP) is 0.600. The molecule has 4 nitrogen and oxygen atoms in total. The van der Waals surface area contributed by atoms with Gasteiger partial charge in [-0.2, -0.15) is 0 Å². The van der Waals surface area contributed by atoms with Crippen molar-refractivity contribution in [3.63, 3.8) is 0 Å². The minimum Gasteiger partial charge on any atom is -0.383 e. The van der Waals surface area contributed by atoms with E-state index in [1.165, 1.54) is 4.88 Å². The van der Waals surface area contributed by atoms with Gasteiger partial charge in [-0.15, -0.1) is 11.3 Å². The molecule has 0 aliphatic rings. The zero-order valence-electron chi connectivity index (χ0n) is 8.79. The summed E-state index contributed by atoms with van der Waals surface area (Å²) in [6, 6.07) is 3.98. The molecule has 2 N–H and O–H groups in total. The van der Waals surface area contributed by atoms with Gasteiger partial charge < -0.3 is 15.4 Å². The lowest BCUT2D eigenvalue weighted by Crippen LogP contribution is -2.34. The highest BCUT2D eigenvalue weighted by Crippen LogP contribution is 2.06. The van der Waals surface area contributed by atoms with Crippen molar-refractivity contribution in [3.05, 3.63) is 22.4 Å². The van der Waals surface area contributed by atoms with Crippen LogP contribution in [-0.4, -0.2) is 32.7 Å². The van der Waals surface area contributed by atoms with E-state index in [2.05, 4.69) is 10.6 Å². The SMILES string of the molecule is COCCNCC(=O)NCc1cccs1. The molecule has 5 heteroatoms. The first-order valence-electron chi connectivity index (χ1n) is 4.81. The molecule has 0 saturated carbocycles. The van der Waals surface area contributed by atoms with Crippen molar-refractivity contribution in [1.82, 2.24) is 10.6 Å². The molecule has 0 unspecified atom stereocenters. The van der Waals surface area contributed by atoms with Crippen molar-refractivity contribution in [1.29, 1.82) is 0 Å². The maximum Gasteiger partial charge on any atom is 0.234 e. The monoisotopic (exact) mass is 228 g/mol. The van der Waals surface area contributed by atoms with Gasteiger partial charge in [-0.25, -0.2) is 0 Å². The Morgan fingerprint density at radius 3 is 3.13 bits per heavy atom. The molecule has 84 valence electrons. The molecule has 0 radical (unpaired) electrons. The van der Waals surface area contributed by atoms with Crippen LogP contribution in [0.5, 0.6) is 0 Å². The summed E-state index contributed by atoms with van der Waals surface area (Å²) in [7, 11) is 1.64. The first-order valence-corrected chi connectivity index (χ1v) is 5.69. The summed E-state index contributed by atoms with van der Waals surface area (Å²) < 4.78 is 4.85. The fourth-order valence-electron chi connectivity index (χ4n) is 1.04. The molecule has 1 aromatic rings. The topological polar surface area (TPSA) is 50.4 Å². The zero-order chi connectivity index (χ0) is 10.9. The number of amides is 1. The molecule has 0 bridgehead atoms. The van der Waals surface area contributed by atoms with Crippen LogP contribution in [0.4, 0.5) is 0 Å². The van der Waals surface area contributed by atoms with Crippen molar-refractivity contribution in [2.24, 2.45) is 0 Å². The van der Waals surface area contributed by atoms with E-state index in [4.69, 9.17) is 4.74 Å². The van der Waals surface area contributed by atoms with Crippen LogP contribution >= 0.6 is 11.3 Å². The van der Waals surface area contributed by atoms with E-state index < -0.39 is 0 Å². The molecule has 1 amide bonds. The molecule has 1 rings (SSSR count). The number of carbonyl (C=O) groups excluding carboxylic acids is 1. The molecule has 0 aliphatic carbocycles. The fraction of sp³-hybridized carbons (Fsp3) is 0.500. The third-order valence-corrected chi connectivity index (χ3v) is 2.68. The number of hydrogen-bond donors (Lipinski definition) is 2. The number of hydrogen-bond acceptors (Lipinski definition) is 4. The average molecular weight is 228 g/mol. The van der Waals surface area contributed by atoms with Crippen molar-refractivity contribution in [3.8, 4) is 0 Å². The van der Waals surface area contributed by atoms with Crippen LogP contribution in [0.25, 0.3) is 0 Å². The van der Waals surface area contributed by atoms with E-state index in [1.807, 2.05) is 17.5 Å². The maximum atomic E-state index is 11.3. The Bertz CT molecular complexity index is 275. The number of nitrogens with one attached hydrogen (secondary N) is 2. The Kier molecular flexibility index (Phi) is 5.99. The molecular weight excluding hydrogens is 212 g/mol. The van der Waals surface area contributed by atoms with Gasteiger partial charge in [0.25, 0.3) is 0 Å². The smallest absolute Gasteiger partial charge is 0.234 e. The standard InChI is InChI=1S/C10H16N2O2S/c1-14-5-4-11-8-10(13)12-7-9-3-2-6-15-9/h2-3,6,11H,4-5,7-8H2,1H3,(H,12,13). The molecule has 0 aromatic carbocycles. The number of methoxy groups -OCH3 is 1. The van der Waals surface area contributed by atoms with Gasteiger partial charge in [0.05, 0.1) is 19.7 Å². The summed E-state index contributed by atoms with van der Waals surface area (Å²) in [6.07, 6.45) is 0. The molecule has 0 saturated heterocycles. The van der Waals surface area contributed by atoms with E-state index in [1.54, 1.807) is 18.4 Å². The van der Waals surface area contributed by atoms with Gasteiger partial charge in [0.1, 0.15) is 0 Å². The number of rotatable bonds is 7. The zero-order valence-corrected chi connectivity index (χ0v) is 9.60. The summed E-state index contributed by atoms with van der Waals surface area (Å²) in [6.45, 7) is 2.28. The highest BCUT2D eigenvalue weighted by atomic mass is 32.1. The van der Waals surface area contributed by atoms with Crippen molar-refractivity contribution in [2.45, 2.75) is 6.54 Å². The largest absolute Gasteiger partial charge is 0.383 e. The van der Waals surface area contributed by atoms with E-state index in [-0.39, 0.29) is 5.91 Å². The second kappa shape index (κ2) is 7.39. The molecule has 1 heterocycles. The van der Waals surface area contributed by atoms with E-state index in [0.717, 1.165) is 0 Å². The molecule has 0 spiro atoms. The molecule has 1 aromatic heterocycles. The van der Waals surface area contributed by atoms with Gasteiger partial charge in [0.2, 0.25) is 5.91 Å².